The Labute approximate surface area is 108 Å². The standard InChI is InChI=1S/C13H23NO2S/c1-4-5-11(9-15-2)14-8-12-6-7-13(16-12)10-17-3/h6-7,11,14H,4-5,8-10H2,1-3H3. The summed E-state index contributed by atoms with van der Waals surface area (Å²) in [5.74, 6) is 3.00. The number of thioether (sulfide) groups is 1. The molecule has 1 N–H and O–H groups in total. The maximum absolute atomic E-state index is 5.71. The molecule has 0 bridgehead atoms. The summed E-state index contributed by atoms with van der Waals surface area (Å²) in [5, 5.41) is 3.47. The van der Waals surface area contributed by atoms with E-state index in [0.717, 1.165) is 43.3 Å². The smallest absolute Gasteiger partial charge is 0.118 e. The number of furan rings is 1. The van der Waals surface area contributed by atoms with Gasteiger partial charge in [-0.05, 0) is 24.8 Å². The maximum Gasteiger partial charge on any atom is 0.118 e. The van der Waals surface area contributed by atoms with Gasteiger partial charge in [0.2, 0.25) is 0 Å². The van der Waals surface area contributed by atoms with E-state index in [2.05, 4.69) is 24.6 Å². The first-order valence-electron chi connectivity index (χ1n) is 6.09. The van der Waals surface area contributed by atoms with Crippen LogP contribution in [0.2, 0.25) is 0 Å². The van der Waals surface area contributed by atoms with Gasteiger partial charge in [0.25, 0.3) is 0 Å². The van der Waals surface area contributed by atoms with E-state index in [0.29, 0.717) is 6.04 Å². The Bertz CT molecular complexity index is 295. The number of ether oxygens (including phenoxy) is 1. The molecule has 0 aromatic carbocycles. The van der Waals surface area contributed by atoms with Gasteiger partial charge in [-0.25, -0.2) is 0 Å². The van der Waals surface area contributed by atoms with Gasteiger partial charge < -0.3 is 14.5 Å². The fourth-order valence-corrected chi connectivity index (χ4v) is 2.22. The highest BCUT2D eigenvalue weighted by Crippen LogP contribution is 2.13. The highest BCUT2D eigenvalue weighted by molar-refractivity contribution is 7.97. The second-order valence-electron chi connectivity index (χ2n) is 4.12. The number of hydrogen-bond acceptors (Lipinski definition) is 4. The minimum atomic E-state index is 0.416. The Hall–Kier alpha value is -0.450. The van der Waals surface area contributed by atoms with Crippen LogP contribution in [0.1, 0.15) is 31.3 Å². The van der Waals surface area contributed by atoms with Crippen molar-refractivity contribution in [2.24, 2.45) is 0 Å². The lowest BCUT2D eigenvalue weighted by Crippen LogP contribution is -2.32. The SMILES string of the molecule is CCCC(COC)NCc1ccc(CSC)o1. The van der Waals surface area contributed by atoms with Crippen molar-refractivity contribution in [2.45, 2.75) is 38.1 Å². The van der Waals surface area contributed by atoms with Crippen LogP contribution in [0, 0.1) is 0 Å². The molecule has 0 amide bonds. The second kappa shape index (κ2) is 8.61. The predicted molar refractivity (Wildman–Crippen MR) is 73.3 cm³/mol. The minimum absolute atomic E-state index is 0.416. The number of nitrogens with one attached hydrogen (secondary N) is 1. The van der Waals surface area contributed by atoms with E-state index >= 15 is 0 Å². The lowest BCUT2D eigenvalue weighted by molar-refractivity contribution is 0.160. The zero-order valence-electron chi connectivity index (χ0n) is 11.0. The van der Waals surface area contributed by atoms with Crippen molar-refractivity contribution in [3.05, 3.63) is 23.7 Å². The molecule has 0 saturated carbocycles. The molecule has 1 atom stereocenters. The van der Waals surface area contributed by atoms with Crippen LogP contribution in [-0.4, -0.2) is 26.0 Å². The first-order chi connectivity index (χ1) is 8.30. The van der Waals surface area contributed by atoms with Crippen LogP contribution in [0.3, 0.4) is 0 Å². The number of methoxy groups -OCH3 is 1. The molecular weight excluding hydrogens is 234 g/mol. The molecule has 0 saturated heterocycles. The van der Waals surface area contributed by atoms with Crippen molar-refractivity contribution in [2.75, 3.05) is 20.0 Å². The molecule has 1 unspecified atom stereocenters. The second-order valence-corrected chi connectivity index (χ2v) is 4.99. The normalized spacial score (nSPS) is 12.9. The highest BCUT2D eigenvalue weighted by atomic mass is 32.2. The van der Waals surface area contributed by atoms with Gasteiger partial charge in [-0.3, -0.25) is 0 Å². The third kappa shape index (κ3) is 5.61. The van der Waals surface area contributed by atoms with Crippen LogP contribution in [0.5, 0.6) is 0 Å². The van der Waals surface area contributed by atoms with E-state index in [-0.39, 0.29) is 0 Å². The van der Waals surface area contributed by atoms with Crippen LogP contribution in [0.25, 0.3) is 0 Å². The summed E-state index contributed by atoms with van der Waals surface area (Å²) < 4.78 is 10.9. The average Bonchev–Trinajstić information content (AvgIpc) is 2.75. The monoisotopic (exact) mass is 257 g/mol. The number of hydrogen-bond donors (Lipinski definition) is 1. The molecule has 0 radical (unpaired) electrons. The van der Waals surface area contributed by atoms with Crippen molar-refractivity contribution in [1.82, 2.24) is 5.32 Å². The summed E-state index contributed by atoms with van der Waals surface area (Å²) in [6, 6.07) is 4.52. The minimum Gasteiger partial charge on any atom is -0.464 e. The van der Waals surface area contributed by atoms with Gasteiger partial charge in [0, 0.05) is 13.2 Å². The molecule has 0 aliphatic heterocycles. The summed E-state index contributed by atoms with van der Waals surface area (Å²) in [6.07, 6.45) is 4.37. The van der Waals surface area contributed by atoms with Crippen LogP contribution in [0.4, 0.5) is 0 Å². The zero-order valence-corrected chi connectivity index (χ0v) is 11.8. The molecule has 98 valence electrons. The third-order valence-corrected chi connectivity index (χ3v) is 3.15. The Kier molecular flexibility index (Phi) is 7.40. The van der Waals surface area contributed by atoms with Crippen LogP contribution in [0.15, 0.2) is 16.5 Å². The highest BCUT2D eigenvalue weighted by Gasteiger charge is 2.08. The molecule has 4 heteroatoms. The predicted octanol–water partition coefficient (Wildman–Crippen LogP) is 3.05. The first-order valence-corrected chi connectivity index (χ1v) is 7.48. The van der Waals surface area contributed by atoms with Gasteiger partial charge in [0.05, 0.1) is 18.9 Å². The molecule has 1 aromatic rings. The van der Waals surface area contributed by atoms with Gasteiger partial charge in [0.1, 0.15) is 11.5 Å². The van der Waals surface area contributed by atoms with E-state index in [4.69, 9.17) is 9.15 Å². The van der Waals surface area contributed by atoms with E-state index in [1.165, 1.54) is 0 Å². The quantitative estimate of drug-likeness (QED) is 0.737. The van der Waals surface area contributed by atoms with Crippen LogP contribution in [-0.2, 0) is 17.0 Å². The molecule has 1 rings (SSSR count). The fraction of sp³-hybridized carbons (Fsp3) is 0.692. The van der Waals surface area contributed by atoms with Crippen molar-refractivity contribution in [3.63, 3.8) is 0 Å². The van der Waals surface area contributed by atoms with Crippen molar-refractivity contribution < 1.29 is 9.15 Å². The number of rotatable bonds is 9. The van der Waals surface area contributed by atoms with Gasteiger partial charge in [-0.2, -0.15) is 11.8 Å². The molecule has 1 aromatic heterocycles. The Balaban J connectivity index is 2.35. The van der Waals surface area contributed by atoms with E-state index in [1.54, 1.807) is 18.9 Å². The van der Waals surface area contributed by atoms with Crippen molar-refractivity contribution >= 4 is 11.8 Å². The molecule has 1 heterocycles. The van der Waals surface area contributed by atoms with Crippen molar-refractivity contribution in [3.8, 4) is 0 Å². The Morgan fingerprint density at radius 3 is 2.82 bits per heavy atom. The van der Waals surface area contributed by atoms with E-state index in [1.807, 2.05) is 6.07 Å². The molecule has 0 spiro atoms. The van der Waals surface area contributed by atoms with Gasteiger partial charge in [0.15, 0.2) is 0 Å². The first kappa shape index (κ1) is 14.6. The van der Waals surface area contributed by atoms with Crippen LogP contribution < -0.4 is 5.32 Å². The Morgan fingerprint density at radius 1 is 1.41 bits per heavy atom. The summed E-state index contributed by atoms with van der Waals surface area (Å²) in [7, 11) is 1.74. The zero-order chi connectivity index (χ0) is 12.5. The van der Waals surface area contributed by atoms with E-state index in [9.17, 15) is 0 Å². The topological polar surface area (TPSA) is 34.4 Å². The summed E-state index contributed by atoms with van der Waals surface area (Å²) in [6.45, 7) is 3.72. The van der Waals surface area contributed by atoms with Gasteiger partial charge in [-0.15, -0.1) is 0 Å². The Morgan fingerprint density at radius 2 is 2.18 bits per heavy atom. The average molecular weight is 257 g/mol. The van der Waals surface area contributed by atoms with Crippen molar-refractivity contribution in [1.29, 1.82) is 0 Å². The lowest BCUT2D eigenvalue weighted by atomic mass is 10.2. The third-order valence-electron chi connectivity index (χ3n) is 2.57. The van der Waals surface area contributed by atoms with Crippen LogP contribution >= 0.6 is 11.8 Å². The summed E-state index contributed by atoms with van der Waals surface area (Å²) in [4.78, 5) is 0. The fourth-order valence-electron chi connectivity index (χ4n) is 1.78. The summed E-state index contributed by atoms with van der Waals surface area (Å²) in [5.41, 5.74) is 0. The molecule has 0 fully saturated rings. The van der Waals surface area contributed by atoms with Gasteiger partial charge in [-0.1, -0.05) is 13.3 Å². The molecular formula is C13H23NO2S. The lowest BCUT2D eigenvalue weighted by Gasteiger charge is -2.16. The summed E-state index contributed by atoms with van der Waals surface area (Å²) >= 11 is 1.77. The maximum atomic E-state index is 5.71. The molecule has 0 aliphatic carbocycles. The molecule has 17 heavy (non-hydrogen) atoms. The largest absolute Gasteiger partial charge is 0.464 e. The molecule has 0 aliphatic rings. The van der Waals surface area contributed by atoms with E-state index < -0.39 is 0 Å². The van der Waals surface area contributed by atoms with Gasteiger partial charge >= 0.3 is 0 Å². The molecule has 3 nitrogen and oxygen atoms in total.